The second kappa shape index (κ2) is 12.7. The molecule has 42 heavy (non-hydrogen) atoms. The van der Waals surface area contributed by atoms with E-state index in [4.69, 9.17) is 25.8 Å². The molecule has 0 spiro atoms. The Labute approximate surface area is 260 Å². The van der Waals surface area contributed by atoms with Crippen molar-refractivity contribution in [1.29, 1.82) is 0 Å². The third-order valence-corrected chi connectivity index (χ3v) is 8.42. The molecule has 0 fully saturated rings. The number of fused-ring (bicyclic) bond motifs is 1. The molecule has 1 aliphatic rings. The minimum Gasteiger partial charge on any atom is -0.496 e. The molecule has 216 valence electrons. The molecule has 0 unspecified atom stereocenters. The lowest BCUT2D eigenvalue weighted by molar-refractivity contribution is -0.143. The van der Waals surface area contributed by atoms with Crippen LogP contribution in [0.15, 0.2) is 92.3 Å². The highest BCUT2D eigenvalue weighted by molar-refractivity contribution is 9.10. The van der Waals surface area contributed by atoms with Gasteiger partial charge in [0.15, 0.2) is 4.80 Å². The third kappa shape index (κ3) is 6.23. The molecule has 2 heterocycles. The van der Waals surface area contributed by atoms with Gasteiger partial charge in [-0.1, -0.05) is 69.2 Å². The first-order chi connectivity index (χ1) is 20.2. The lowest BCUT2D eigenvalue weighted by atomic mass is 9.95. The second-order valence-electron chi connectivity index (χ2n) is 9.87. The van der Waals surface area contributed by atoms with Gasteiger partial charge in [-0.2, -0.15) is 0 Å². The van der Waals surface area contributed by atoms with Crippen molar-refractivity contribution in [3.8, 4) is 11.5 Å². The molecular weight excluding hydrogens is 640 g/mol. The van der Waals surface area contributed by atoms with Gasteiger partial charge in [-0.15, -0.1) is 0 Å². The van der Waals surface area contributed by atoms with Crippen molar-refractivity contribution in [2.24, 2.45) is 4.99 Å². The van der Waals surface area contributed by atoms with Gasteiger partial charge in [-0.3, -0.25) is 9.36 Å². The van der Waals surface area contributed by atoms with Gasteiger partial charge in [0.05, 0.1) is 29.0 Å². The number of allylic oxidation sites excluding steroid dienone is 1. The Kier molecular flexibility index (Phi) is 9.01. The monoisotopic (exact) mass is 666 g/mol. The van der Waals surface area contributed by atoms with Crippen molar-refractivity contribution in [3.05, 3.63) is 124 Å². The van der Waals surface area contributed by atoms with Crippen LogP contribution >= 0.6 is 38.9 Å². The number of benzene rings is 3. The van der Waals surface area contributed by atoms with Crippen LogP contribution in [0.2, 0.25) is 5.02 Å². The Hall–Kier alpha value is -3.66. The molecule has 3 aromatic carbocycles. The second-order valence-corrected chi connectivity index (χ2v) is 12.2. The predicted molar refractivity (Wildman–Crippen MR) is 168 cm³/mol. The van der Waals surface area contributed by atoms with E-state index in [-0.39, 0.29) is 17.2 Å². The first-order valence-corrected chi connectivity index (χ1v) is 15.2. The highest BCUT2D eigenvalue weighted by Gasteiger charge is 2.35. The quantitative estimate of drug-likeness (QED) is 0.210. The number of hydrogen-bond donors (Lipinski definition) is 0. The summed E-state index contributed by atoms with van der Waals surface area (Å²) in [5, 5.41) is 0.637. The van der Waals surface area contributed by atoms with Gasteiger partial charge in [0.1, 0.15) is 24.1 Å². The van der Waals surface area contributed by atoms with Crippen LogP contribution < -0.4 is 24.4 Å². The summed E-state index contributed by atoms with van der Waals surface area (Å²) in [4.78, 5) is 32.6. The molecule has 0 aliphatic carbocycles. The van der Waals surface area contributed by atoms with Crippen molar-refractivity contribution < 1.29 is 19.0 Å². The van der Waals surface area contributed by atoms with Crippen LogP contribution in [0, 0.1) is 0 Å². The number of hydrogen-bond acceptors (Lipinski definition) is 7. The van der Waals surface area contributed by atoms with Gasteiger partial charge < -0.3 is 14.2 Å². The fourth-order valence-corrected chi connectivity index (χ4v) is 6.31. The molecular formula is C32H28BrClN2O5S. The Morgan fingerprint density at radius 2 is 1.93 bits per heavy atom. The lowest BCUT2D eigenvalue weighted by Crippen LogP contribution is -2.40. The Morgan fingerprint density at radius 1 is 1.14 bits per heavy atom. The molecule has 7 nitrogen and oxygen atoms in total. The number of esters is 1. The first-order valence-electron chi connectivity index (χ1n) is 13.2. The molecule has 1 aliphatic heterocycles. The van der Waals surface area contributed by atoms with E-state index in [0.29, 0.717) is 43.7 Å². The van der Waals surface area contributed by atoms with E-state index in [1.165, 1.54) is 11.3 Å². The fourth-order valence-electron chi connectivity index (χ4n) is 4.70. The molecule has 0 saturated carbocycles. The SMILES string of the molecule is COc1ccc(Br)cc1[C@H]1C(C(=O)OC(C)C)=C(C)N=c2s/c(=C\c3cccc(OCc4ccccc4Cl)c3)c(=O)n21. The van der Waals surface area contributed by atoms with Crippen LogP contribution in [0.25, 0.3) is 6.08 Å². The topological polar surface area (TPSA) is 79.1 Å². The smallest absolute Gasteiger partial charge is 0.338 e. The Morgan fingerprint density at radius 3 is 2.67 bits per heavy atom. The number of rotatable bonds is 8. The number of aromatic nitrogens is 1. The number of halogens is 2. The molecule has 0 N–H and O–H groups in total. The third-order valence-electron chi connectivity index (χ3n) is 6.58. The number of ether oxygens (including phenoxy) is 3. The highest BCUT2D eigenvalue weighted by atomic mass is 79.9. The standard InChI is InChI=1S/C32H28BrClN2O5S/c1-18(2)41-31(38)28-19(3)35-32-36(29(28)24-16-22(33)12-13-26(24)39-4)30(37)27(42-32)15-20-8-7-10-23(14-20)40-17-21-9-5-6-11-25(21)34/h5-16,18,29H,17H2,1-4H3/b27-15-/t29-/m0/s1. The average molecular weight is 668 g/mol. The van der Waals surface area contributed by atoms with Crippen molar-refractivity contribution in [3.63, 3.8) is 0 Å². The van der Waals surface area contributed by atoms with Gasteiger partial charge in [-0.25, -0.2) is 9.79 Å². The summed E-state index contributed by atoms with van der Waals surface area (Å²) in [7, 11) is 1.56. The molecule has 10 heteroatoms. The van der Waals surface area contributed by atoms with E-state index < -0.39 is 12.0 Å². The van der Waals surface area contributed by atoms with E-state index in [2.05, 4.69) is 20.9 Å². The zero-order valence-electron chi connectivity index (χ0n) is 23.4. The maximum atomic E-state index is 14.0. The Balaban J connectivity index is 1.59. The Bertz CT molecular complexity index is 1880. The molecule has 0 bridgehead atoms. The maximum absolute atomic E-state index is 14.0. The normalized spacial score (nSPS) is 14.9. The lowest BCUT2D eigenvalue weighted by Gasteiger charge is -2.26. The minimum absolute atomic E-state index is 0.282. The summed E-state index contributed by atoms with van der Waals surface area (Å²) in [6.07, 6.45) is 1.45. The number of carbonyl (C=O) groups is 1. The van der Waals surface area contributed by atoms with Gasteiger partial charge in [0.2, 0.25) is 0 Å². The van der Waals surface area contributed by atoms with Gasteiger partial charge in [0, 0.05) is 20.6 Å². The van der Waals surface area contributed by atoms with E-state index in [9.17, 15) is 9.59 Å². The fraction of sp³-hybridized carbons (Fsp3) is 0.219. The average Bonchev–Trinajstić information content (AvgIpc) is 3.25. The molecule has 0 radical (unpaired) electrons. The van der Waals surface area contributed by atoms with Crippen LogP contribution in [0.3, 0.4) is 0 Å². The van der Waals surface area contributed by atoms with Crippen LogP contribution in [0.4, 0.5) is 0 Å². The van der Waals surface area contributed by atoms with Crippen molar-refractivity contribution in [1.82, 2.24) is 4.57 Å². The molecule has 1 atom stereocenters. The maximum Gasteiger partial charge on any atom is 0.338 e. The minimum atomic E-state index is -0.799. The molecule has 4 aromatic rings. The summed E-state index contributed by atoms with van der Waals surface area (Å²) >= 11 is 11.1. The van der Waals surface area contributed by atoms with Crippen molar-refractivity contribution in [2.45, 2.75) is 39.5 Å². The van der Waals surface area contributed by atoms with Crippen LogP contribution in [-0.4, -0.2) is 23.8 Å². The van der Waals surface area contributed by atoms with E-state index in [0.717, 1.165) is 15.6 Å². The van der Waals surface area contributed by atoms with Crippen LogP contribution in [-0.2, 0) is 16.1 Å². The zero-order valence-corrected chi connectivity index (χ0v) is 26.5. The molecule has 5 rings (SSSR count). The van der Waals surface area contributed by atoms with Crippen LogP contribution in [0.5, 0.6) is 11.5 Å². The van der Waals surface area contributed by atoms with Crippen molar-refractivity contribution >= 4 is 50.9 Å². The predicted octanol–water partition coefficient (Wildman–Crippen LogP) is 6.19. The number of carbonyl (C=O) groups excluding carboxylic acids is 1. The van der Waals surface area contributed by atoms with Gasteiger partial charge in [-0.05, 0) is 68.8 Å². The van der Waals surface area contributed by atoms with E-state index in [1.807, 2.05) is 60.7 Å². The molecule has 0 saturated heterocycles. The molecule has 0 amide bonds. The summed E-state index contributed by atoms with van der Waals surface area (Å²) in [5.41, 5.74) is 2.78. The van der Waals surface area contributed by atoms with Gasteiger partial charge in [0.25, 0.3) is 5.56 Å². The summed E-state index contributed by atoms with van der Waals surface area (Å²) in [6, 6.07) is 19.7. The summed E-state index contributed by atoms with van der Waals surface area (Å²) in [6.45, 7) is 5.63. The number of methoxy groups -OCH3 is 1. The first kappa shape index (κ1) is 29.8. The highest BCUT2D eigenvalue weighted by Crippen LogP contribution is 2.37. The van der Waals surface area contributed by atoms with E-state index >= 15 is 0 Å². The van der Waals surface area contributed by atoms with Crippen LogP contribution in [0.1, 0.15) is 43.5 Å². The molecule has 1 aromatic heterocycles. The number of thiazole rings is 1. The largest absolute Gasteiger partial charge is 0.496 e. The summed E-state index contributed by atoms with van der Waals surface area (Å²) in [5.74, 6) is 0.643. The number of nitrogens with zero attached hydrogens (tertiary/aromatic N) is 2. The van der Waals surface area contributed by atoms with Crippen molar-refractivity contribution in [2.75, 3.05) is 7.11 Å². The summed E-state index contributed by atoms with van der Waals surface area (Å²) < 4.78 is 20.0. The zero-order chi connectivity index (χ0) is 30.0. The van der Waals surface area contributed by atoms with E-state index in [1.54, 1.807) is 44.6 Å². The van der Waals surface area contributed by atoms with Gasteiger partial charge >= 0.3 is 5.97 Å².